The van der Waals surface area contributed by atoms with Crippen LogP contribution in [0.1, 0.15) is 11.1 Å². The number of benzene rings is 2. The molecule has 5 nitrogen and oxygen atoms in total. The Balaban J connectivity index is 2.02. The van der Waals surface area contributed by atoms with E-state index in [2.05, 4.69) is 16.8 Å². The van der Waals surface area contributed by atoms with Gasteiger partial charge in [0.05, 0.1) is 28.9 Å². The molecule has 2 aromatic carbocycles. The van der Waals surface area contributed by atoms with Crippen molar-refractivity contribution >= 4 is 38.9 Å². The summed E-state index contributed by atoms with van der Waals surface area (Å²) in [5, 5.41) is 0.00874. The van der Waals surface area contributed by atoms with Crippen LogP contribution >= 0.6 is 23.2 Å². The summed E-state index contributed by atoms with van der Waals surface area (Å²) in [6.07, 6.45) is 2.84. The van der Waals surface area contributed by atoms with Crippen molar-refractivity contribution in [3.8, 4) is 17.6 Å². The lowest BCUT2D eigenvalue weighted by molar-refractivity contribution is 0.413. The molecule has 0 saturated heterocycles. The standard InChI is InChI=1S/C20H12Cl2F2N2O3S/c1-29-18-8-9-25-11-12(18)2-4-14-16(23)6-7-17(20(14)24)26-30(27,28)19-10-13(21)3-5-15(19)22/h3,5-11,26H,1H3. The highest BCUT2D eigenvalue weighted by atomic mass is 35.5. The molecular weight excluding hydrogens is 457 g/mol. The smallest absolute Gasteiger partial charge is 0.263 e. The Hall–Kier alpha value is -2.86. The zero-order chi connectivity index (χ0) is 21.9. The summed E-state index contributed by atoms with van der Waals surface area (Å²) >= 11 is 11.7. The molecule has 0 radical (unpaired) electrons. The molecule has 0 aliphatic rings. The molecule has 0 amide bonds. The van der Waals surface area contributed by atoms with E-state index in [0.29, 0.717) is 11.3 Å². The van der Waals surface area contributed by atoms with Crippen molar-refractivity contribution in [2.75, 3.05) is 11.8 Å². The number of hydrogen-bond donors (Lipinski definition) is 1. The fourth-order valence-corrected chi connectivity index (χ4v) is 4.24. The molecule has 3 aromatic rings. The normalized spacial score (nSPS) is 10.8. The second-order valence-electron chi connectivity index (χ2n) is 5.79. The minimum Gasteiger partial charge on any atom is -0.495 e. The molecule has 0 fully saturated rings. The lowest BCUT2D eigenvalue weighted by Gasteiger charge is -2.11. The van der Waals surface area contributed by atoms with Crippen molar-refractivity contribution in [1.29, 1.82) is 0 Å². The highest BCUT2D eigenvalue weighted by molar-refractivity contribution is 7.92. The molecule has 3 rings (SSSR count). The monoisotopic (exact) mass is 468 g/mol. The summed E-state index contributed by atoms with van der Waals surface area (Å²) < 4.78 is 61.4. The zero-order valence-electron chi connectivity index (χ0n) is 15.2. The van der Waals surface area contributed by atoms with Gasteiger partial charge >= 0.3 is 0 Å². The van der Waals surface area contributed by atoms with Gasteiger partial charge in [0, 0.05) is 17.4 Å². The number of sulfonamides is 1. The minimum atomic E-state index is -4.30. The van der Waals surface area contributed by atoms with Crippen LogP contribution in [0.15, 0.2) is 53.7 Å². The van der Waals surface area contributed by atoms with Crippen molar-refractivity contribution in [1.82, 2.24) is 4.98 Å². The number of methoxy groups -OCH3 is 1. The Bertz CT molecular complexity index is 1290. The van der Waals surface area contributed by atoms with E-state index in [1.54, 1.807) is 0 Å². The number of rotatable bonds is 4. The Morgan fingerprint density at radius 2 is 1.87 bits per heavy atom. The van der Waals surface area contributed by atoms with E-state index in [0.717, 1.165) is 18.2 Å². The molecular formula is C20H12Cl2F2N2O3S. The first-order chi connectivity index (χ1) is 14.2. The van der Waals surface area contributed by atoms with Crippen molar-refractivity contribution in [2.45, 2.75) is 4.90 Å². The van der Waals surface area contributed by atoms with Gasteiger partial charge in [-0.2, -0.15) is 0 Å². The van der Waals surface area contributed by atoms with Gasteiger partial charge in [-0.15, -0.1) is 0 Å². The third-order valence-corrected chi connectivity index (χ3v) is 5.92. The third-order valence-electron chi connectivity index (χ3n) is 3.84. The van der Waals surface area contributed by atoms with Crippen LogP contribution in [0, 0.1) is 23.5 Å². The van der Waals surface area contributed by atoms with Crippen molar-refractivity contribution in [3.63, 3.8) is 0 Å². The van der Waals surface area contributed by atoms with Gasteiger partial charge in [0.25, 0.3) is 10.0 Å². The number of nitrogens with zero attached hydrogens (tertiary/aromatic N) is 1. The average Bonchev–Trinajstić information content (AvgIpc) is 2.72. The van der Waals surface area contributed by atoms with Gasteiger partial charge in [0.2, 0.25) is 0 Å². The topological polar surface area (TPSA) is 68.3 Å². The molecule has 1 aromatic heterocycles. The molecule has 1 heterocycles. The fourth-order valence-electron chi connectivity index (χ4n) is 2.41. The largest absolute Gasteiger partial charge is 0.495 e. The van der Waals surface area contributed by atoms with Gasteiger partial charge in [-0.3, -0.25) is 9.71 Å². The SMILES string of the molecule is COc1ccncc1C#Cc1c(F)ccc(NS(=O)(=O)c2cc(Cl)ccc2Cl)c1F. The Morgan fingerprint density at radius 3 is 2.60 bits per heavy atom. The molecule has 0 saturated carbocycles. The van der Waals surface area contributed by atoms with Gasteiger partial charge < -0.3 is 4.74 Å². The summed E-state index contributed by atoms with van der Waals surface area (Å²) in [6, 6.07) is 7.18. The fraction of sp³-hybridized carbons (Fsp3) is 0.0500. The highest BCUT2D eigenvalue weighted by Gasteiger charge is 2.22. The van der Waals surface area contributed by atoms with E-state index < -0.39 is 32.9 Å². The Kier molecular flexibility index (Phi) is 6.46. The number of anilines is 1. The molecule has 0 aliphatic heterocycles. The molecule has 30 heavy (non-hydrogen) atoms. The van der Waals surface area contributed by atoms with Crippen LogP contribution in [0.5, 0.6) is 5.75 Å². The summed E-state index contributed by atoms with van der Waals surface area (Å²) in [5.41, 5.74) is -0.830. The molecule has 154 valence electrons. The number of ether oxygens (including phenoxy) is 1. The van der Waals surface area contributed by atoms with E-state index in [1.807, 2.05) is 4.72 Å². The van der Waals surface area contributed by atoms with Crippen molar-refractivity contribution in [2.24, 2.45) is 0 Å². The third kappa shape index (κ3) is 4.65. The van der Waals surface area contributed by atoms with Crippen LogP contribution in [-0.2, 0) is 10.0 Å². The van der Waals surface area contributed by atoms with E-state index in [-0.39, 0.29) is 14.9 Å². The summed E-state index contributed by atoms with van der Waals surface area (Å²) in [5.74, 6) is 3.14. The summed E-state index contributed by atoms with van der Waals surface area (Å²) in [7, 11) is -2.89. The second-order valence-corrected chi connectivity index (χ2v) is 8.28. The molecule has 10 heteroatoms. The van der Waals surface area contributed by atoms with Crippen LogP contribution in [-0.4, -0.2) is 20.5 Å². The maximum absolute atomic E-state index is 14.9. The number of nitrogens with one attached hydrogen (secondary N) is 1. The average molecular weight is 469 g/mol. The Labute approximate surface area is 181 Å². The predicted molar refractivity (Wildman–Crippen MR) is 110 cm³/mol. The van der Waals surface area contributed by atoms with Gasteiger partial charge in [0.1, 0.15) is 16.5 Å². The lowest BCUT2D eigenvalue weighted by atomic mass is 10.1. The number of pyridine rings is 1. The van der Waals surface area contributed by atoms with E-state index in [9.17, 15) is 17.2 Å². The first-order valence-electron chi connectivity index (χ1n) is 8.19. The highest BCUT2D eigenvalue weighted by Crippen LogP contribution is 2.29. The van der Waals surface area contributed by atoms with E-state index in [1.165, 1.54) is 37.7 Å². The maximum atomic E-state index is 14.9. The molecule has 1 N–H and O–H groups in total. The van der Waals surface area contributed by atoms with Gasteiger partial charge in [-0.25, -0.2) is 17.2 Å². The number of hydrogen-bond acceptors (Lipinski definition) is 4. The van der Waals surface area contributed by atoms with E-state index in [4.69, 9.17) is 27.9 Å². The quantitative estimate of drug-likeness (QED) is 0.554. The predicted octanol–water partition coefficient (Wildman–Crippen LogP) is 4.88. The molecule has 0 bridgehead atoms. The van der Waals surface area contributed by atoms with Crippen LogP contribution in [0.4, 0.5) is 14.5 Å². The summed E-state index contributed by atoms with van der Waals surface area (Å²) in [4.78, 5) is 3.53. The van der Waals surface area contributed by atoms with Gasteiger partial charge in [-0.05, 0) is 36.4 Å². The maximum Gasteiger partial charge on any atom is 0.263 e. The molecule has 0 aliphatic carbocycles. The van der Waals surface area contributed by atoms with Crippen LogP contribution < -0.4 is 9.46 Å². The van der Waals surface area contributed by atoms with Crippen LogP contribution in [0.25, 0.3) is 0 Å². The number of aromatic nitrogens is 1. The van der Waals surface area contributed by atoms with Gasteiger partial charge in [0.15, 0.2) is 5.82 Å². The van der Waals surface area contributed by atoms with E-state index >= 15 is 0 Å². The number of halogens is 4. The molecule has 0 unspecified atom stereocenters. The molecule has 0 atom stereocenters. The first kappa shape index (κ1) is 21.8. The Morgan fingerprint density at radius 1 is 1.10 bits per heavy atom. The van der Waals surface area contributed by atoms with Gasteiger partial charge in [-0.1, -0.05) is 35.0 Å². The molecule has 0 spiro atoms. The van der Waals surface area contributed by atoms with Crippen LogP contribution in [0.2, 0.25) is 10.0 Å². The van der Waals surface area contributed by atoms with Crippen molar-refractivity contribution < 1.29 is 21.9 Å². The zero-order valence-corrected chi connectivity index (χ0v) is 17.5. The lowest BCUT2D eigenvalue weighted by Crippen LogP contribution is -2.15. The van der Waals surface area contributed by atoms with Crippen molar-refractivity contribution in [3.05, 3.63) is 81.6 Å². The van der Waals surface area contributed by atoms with Crippen LogP contribution in [0.3, 0.4) is 0 Å². The second kappa shape index (κ2) is 8.88. The summed E-state index contributed by atoms with van der Waals surface area (Å²) in [6.45, 7) is 0. The first-order valence-corrected chi connectivity index (χ1v) is 10.4. The minimum absolute atomic E-state index is 0.113.